The number of amides is 1. The third-order valence-corrected chi connectivity index (χ3v) is 8.07. The van der Waals surface area contributed by atoms with Crippen LogP contribution in [0, 0.1) is 0 Å². The quantitative estimate of drug-likeness (QED) is 0.300. The molecule has 0 saturated carbocycles. The highest BCUT2D eigenvalue weighted by Gasteiger charge is 2.41. The maximum absolute atomic E-state index is 12.6. The van der Waals surface area contributed by atoms with Crippen molar-refractivity contribution in [1.29, 1.82) is 0 Å². The number of hydrogen-bond acceptors (Lipinski definition) is 6. The van der Waals surface area contributed by atoms with E-state index >= 15 is 0 Å². The minimum absolute atomic E-state index is 0.0333. The van der Waals surface area contributed by atoms with Crippen molar-refractivity contribution in [3.8, 4) is 0 Å². The zero-order chi connectivity index (χ0) is 29.3. The molecule has 8 nitrogen and oxygen atoms in total. The maximum Gasteiger partial charge on any atom is 0.323 e. The van der Waals surface area contributed by atoms with E-state index in [9.17, 15) is 19.5 Å². The number of aliphatic carboxylic acids is 2. The molecule has 0 bridgehead atoms. The van der Waals surface area contributed by atoms with Crippen LogP contribution in [0.4, 0.5) is 5.69 Å². The van der Waals surface area contributed by atoms with Gasteiger partial charge in [0.1, 0.15) is 6.54 Å². The lowest BCUT2D eigenvalue weighted by Crippen LogP contribution is -2.33. The van der Waals surface area contributed by atoms with Crippen molar-refractivity contribution in [2.24, 2.45) is 0 Å². The smallest absolute Gasteiger partial charge is 0.323 e. The summed E-state index contributed by atoms with van der Waals surface area (Å²) in [7, 11) is 0. The van der Waals surface area contributed by atoms with E-state index in [0.717, 1.165) is 46.7 Å². The van der Waals surface area contributed by atoms with Crippen LogP contribution in [0.25, 0.3) is 10.8 Å². The molecule has 2 aliphatic heterocycles. The predicted molar refractivity (Wildman–Crippen MR) is 160 cm³/mol. The van der Waals surface area contributed by atoms with Crippen LogP contribution >= 0.6 is 12.2 Å². The summed E-state index contributed by atoms with van der Waals surface area (Å²) >= 11 is 5.05. The Bertz CT molecular complexity index is 1580. The molecule has 2 aromatic carbocycles. The SMILES string of the molecule is CC1(C)C(=CC=C2C=C(C=C3OC(=S)N(CC(=O)O)C3=O)CCC2)N(CCCC(=O)O)c2ccc3ccccc3c21. The van der Waals surface area contributed by atoms with E-state index in [-0.39, 0.29) is 22.8 Å². The highest BCUT2D eigenvalue weighted by atomic mass is 32.1. The third kappa shape index (κ3) is 5.67. The van der Waals surface area contributed by atoms with E-state index in [4.69, 9.17) is 22.1 Å². The molecule has 0 spiro atoms. The van der Waals surface area contributed by atoms with Gasteiger partial charge in [-0.15, -0.1) is 0 Å². The van der Waals surface area contributed by atoms with Gasteiger partial charge in [-0.05, 0) is 83.6 Å². The van der Waals surface area contributed by atoms with Gasteiger partial charge in [0.15, 0.2) is 5.76 Å². The molecule has 2 aromatic rings. The van der Waals surface area contributed by atoms with Crippen LogP contribution in [0.2, 0.25) is 0 Å². The number of fused-ring (bicyclic) bond motifs is 3. The molecule has 5 rings (SSSR count). The first-order valence-corrected chi connectivity index (χ1v) is 14.1. The van der Waals surface area contributed by atoms with Gasteiger partial charge in [0, 0.05) is 29.8 Å². The molecule has 1 fully saturated rings. The van der Waals surface area contributed by atoms with Crippen LogP contribution in [-0.4, -0.2) is 51.2 Å². The van der Waals surface area contributed by atoms with Crippen LogP contribution in [-0.2, 0) is 24.5 Å². The summed E-state index contributed by atoms with van der Waals surface area (Å²) in [5.41, 5.74) is 5.12. The summed E-state index contributed by atoms with van der Waals surface area (Å²) in [6.45, 7) is 4.47. The normalized spacial score (nSPS) is 21.1. The molecule has 0 unspecified atom stereocenters. The number of thiocarbonyl (C=S) groups is 1. The van der Waals surface area contributed by atoms with Crippen molar-refractivity contribution in [1.82, 2.24) is 4.90 Å². The van der Waals surface area contributed by atoms with E-state index < -0.39 is 24.4 Å². The van der Waals surface area contributed by atoms with Gasteiger partial charge in [-0.25, -0.2) is 0 Å². The highest BCUT2D eigenvalue weighted by molar-refractivity contribution is 7.80. The van der Waals surface area contributed by atoms with Crippen molar-refractivity contribution >= 4 is 51.7 Å². The molecular formula is C32H32N2O6S. The lowest BCUT2D eigenvalue weighted by Gasteiger charge is -2.27. The van der Waals surface area contributed by atoms with Gasteiger partial charge >= 0.3 is 11.9 Å². The topological polar surface area (TPSA) is 107 Å². The van der Waals surface area contributed by atoms with Crippen LogP contribution in [0.15, 0.2) is 83.3 Å². The van der Waals surface area contributed by atoms with E-state index in [1.165, 1.54) is 16.3 Å². The molecule has 1 aliphatic carbocycles. The summed E-state index contributed by atoms with van der Waals surface area (Å²) in [5, 5.41) is 20.5. The first-order valence-electron chi connectivity index (χ1n) is 13.7. The van der Waals surface area contributed by atoms with Gasteiger partial charge in [0.05, 0.1) is 0 Å². The molecular weight excluding hydrogens is 540 g/mol. The lowest BCUT2D eigenvalue weighted by molar-refractivity contribution is -0.140. The average Bonchev–Trinajstić information content (AvgIpc) is 3.30. The molecule has 41 heavy (non-hydrogen) atoms. The minimum Gasteiger partial charge on any atom is -0.481 e. The number of allylic oxidation sites excluding steroid dienone is 7. The van der Waals surface area contributed by atoms with Gasteiger partial charge < -0.3 is 19.8 Å². The van der Waals surface area contributed by atoms with Crippen LogP contribution in [0.3, 0.4) is 0 Å². The molecule has 2 N–H and O–H groups in total. The fourth-order valence-electron chi connectivity index (χ4n) is 5.91. The number of rotatable bonds is 8. The summed E-state index contributed by atoms with van der Waals surface area (Å²) in [4.78, 5) is 38.2. The summed E-state index contributed by atoms with van der Waals surface area (Å²) in [5.74, 6) is -2.49. The number of nitrogens with zero attached hydrogens (tertiary/aromatic N) is 2. The van der Waals surface area contributed by atoms with E-state index in [2.05, 4.69) is 55.2 Å². The number of anilines is 1. The molecule has 3 aliphatic rings. The molecule has 0 aromatic heterocycles. The van der Waals surface area contributed by atoms with E-state index in [0.29, 0.717) is 13.0 Å². The summed E-state index contributed by atoms with van der Waals surface area (Å²) in [6, 6.07) is 12.6. The predicted octanol–water partition coefficient (Wildman–Crippen LogP) is 5.84. The number of carbonyl (C=O) groups excluding carboxylic acids is 1. The molecule has 2 heterocycles. The standard InChI is InChI=1S/C32H32N2O6S/c1-32(2)26(33(16-6-11-27(35)36)24-14-13-22-9-3-4-10-23(22)29(24)32)15-12-20-7-5-8-21(17-20)18-25-30(39)34(19-28(37)38)31(41)40-25/h3-4,9-10,12-15,17-18H,5-8,11,16,19H2,1-2H3,(H,35,36)(H,37,38). The Labute approximate surface area is 243 Å². The van der Waals surface area contributed by atoms with Crippen LogP contribution < -0.4 is 4.90 Å². The minimum atomic E-state index is -1.16. The first kappa shape index (κ1) is 28.3. The van der Waals surface area contributed by atoms with Crippen molar-refractivity contribution in [3.63, 3.8) is 0 Å². The first-order chi connectivity index (χ1) is 19.6. The Morgan fingerprint density at radius 3 is 2.59 bits per heavy atom. The molecule has 1 saturated heterocycles. The number of hydrogen-bond donors (Lipinski definition) is 2. The Morgan fingerprint density at radius 2 is 1.83 bits per heavy atom. The maximum atomic E-state index is 12.6. The van der Waals surface area contributed by atoms with Crippen molar-refractivity contribution in [2.75, 3.05) is 18.0 Å². The Morgan fingerprint density at radius 1 is 1.05 bits per heavy atom. The fraction of sp³-hybridized carbons (Fsp3) is 0.312. The van der Waals surface area contributed by atoms with E-state index in [1.807, 2.05) is 18.2 Å². The molecule has 0 radical (unpaired) electrons. The molecule has 212 valence electrons. The van der Waals surface area contributed by atoms with Crippen LogP contribution in [0.5, 0.6) is 0 Å². The largest absolute Gasteiger partial charge is 0.481 e. The molecule has 0 atom stereocenters. The number of carboxylic acid groups (broad SMARTS) is 2. The Kier molecular flexibility index (Phi) is 7.82. The number of benzene rings is 2. The van der Waals surface area contributed by atoms with Gasteiger partial charge in [-0.3, -0.25) is 19.3 Å². The number of carbonyl (C=O) groups is 3. The van der Waals surface area contributed by atoms with Gasteiger partial charge in [-0.1, -0.05) is 56.3 Å². The van der Waals surface area contributed by atoms with Gasteiger partial charge in [0.2, 0.25) is 0 Å². The van der Waals surface area contributed by atoms with Gasteiger partial charge in [0.25, 0.3) is 11.1 Å². The second kappa shape index (κ2) is 11.3. The fourth-order valence-corrected chi connectivity index (χ4v) is 6.15. The summed E-state index contributed by atoms with van der Waals surface area (Å²) < 4.78 is 5.42. The highest BCUT2D eigenvalue weighted by Crippen LogP contribution is 2.50. The number of ether oxygens (including phenoxy) is 1. The average molecular weight is 573 g/mol. The Balaban J connectivity index is 1.48. The third-order valence-electron chi connectivity index (χ3n) is 7.77. The van der Waals surface area contributed by atoms with Crippen molar-refractivity contribution < 1.29 is 29.3 Å². The second-order valence-corrected chi connectivity index (χ2v) is 11.3. The van der Waals surface area contributed by atoms with Crippen LogP contribution in [0.1, 0.15) is 51.5 Å². The molecule has 9 heteroatoms. The Hall–Kier alpha value is -4.24. The molecule has 1 amide bonds. The van der Waals surface area contributed by atoms with E-state index in [1.54, 1.807) is 6.08 Å². The van der Waals surface area contributed by atoms with Crippen molar-refractivity contribution in [3.05, 3.63) is 88.9 Å². The lowest BCUT2D eigenvalue weighted by atomic mass is 9.81. The van der Waals surface area contributed by atoms with Gasteiger partial charge in [-0.2, -0.15) is 0 Å². The second-order valence-electron chi connectivity index (χ2n) is 11.0. The zero-order valence-electron chi connectivity index (χ0n) is 23.1. The van der Waals surface area contributed by atoms with Crippen molar-refractivity contribution in [2.45, 2.75) is 51.4 Å². The number of carboxylic acids is 2. The summed E-state index contributed by atoms with van der Waals surface area (Å²) in [6.07, 6.45) is 11.1. The monoisotopic (exact) mass is 572 g/mol. The zero-order valence-corrected chi connectivity index (χ0v) is 23.9.